The van der Waals surface area contributed by atoms with Crippen LogP contribution in [0.1, 0.15) is 61.6 Å². The Labute approximate surface area is 171 Å². The zero-order valence-corrected chi connectivity index (χ0v) is 16.8. The minimum absolute atomic E-state index is 0.120. The molecule has 3 aliphatic carbocycles. The topological polar surface area (TPSA) is 45.0 Å². The summed E-state index contributed by atoms with van der Waals surface area (Å²) >= 11 is 0. The fraction of sp³-hybridized carbons (Fsp3) is 0.440. The van der Waals surface area contributed by atoms with E-state index in [4.69, 9.17) is 0 Å². The van der Waals surface area contributed by atoms with Crippen LogP contribution in [0.15, 0.2) is 52.7 Å². The van der Waals surface area contributed by atoms with Crippen LogP contribution < -0.4 is 0 Å². The third kappa shape index (κ3) is 3.19. The predicted octanol–water partition coefficient (Wildman–Crippen LogP) is 5.86. The highest BCUT2D eigenvalue weighted by Crippen LogP contribution is 2.60. The molecule has 0 bridgehead atoms. The lowest BCUT2D eigenvalue weighted by Crippen LogP contribution is -2.42. The van der Waals surface area contributed by atoms with E-state index < -0.39 is 0 Å². The molecular weight excluding hydrogens is 363 g/mol. The third-order valence-electron chi connectivity index (χ3n) is 7.69. The molecule has 1 N–H and O–H groups in total. The van der Waals surface area contributed by atoms with Gasteiger partial charge in [-0.3, -0.25) is 0 Å². The van der Waals surface area contributed by atoms with E-state index >= 15 is 0 Å². The van der Waals surface area contributed by atoms with Crippen molar-refractivity contribution < 1.29 is 9.50 Å². The van der Waals surface area contributed by atoms with Gasteiger partial charge in [0.2, 0.25) is 0 Å². The molecule has 0 saturated heterocycles. The number of aromatic hydroxyl groups is 1. The number of fused-ring (bicyclic) bond motifs is 5. The lowest BCUT2D eigenvalue weighted by atomic mass is 9.55. The van der Waals surface area contributed by atoms with Crippen LogP contribution in [0, 0.1) is 23.1 Å². The Hall–Kier alpha value is -2.49. The first kappa shape index (κ1) is 18.5. The minimum atomic E-state index is -0.251. The summed E-state index contributed by atoms with van der Waals surface area (Å²) in [6.45, 7) is 2.38. The molecule has 2 saturated carbocycles. The summed E-state index contributed by atoms with van der Waals surface area (Å²) in [5.41, 5.74) is 4.86. The van der Waals surface area contributed by atoms with Gasteiger partial charge in [-0.1, -0.05) is 25.1 Å². The van der Waals surface area contributed by atoms with Gasteiger partial charge in [-0.05, 0) is 97.2 Å². The monoisotopic (exact) mass is 390 g/mol. The zero-order chi connectivity index (χ0) is 20.0. The lowest BCUT2D eigenvalue weighted by molar-refractivity contribution is 0.0955. The Morgan fingerprint density at radius 2 is 2.00 bits per heavy atom. The van der Waals surface area contributed by atoms with Crippen LogP contribution in [0.25, 0.3) is 0 Å². The SMILES string of the molecule is C[C@]12CC[C@@H]3c4ccc(O)cc4CC[C@@H]3[C@H]1CC/C2=N/N=C\c1cccc(F)c1. The molecule has 0 amide bonds. The second-order valence-corrected chi connectivity index (χ2v) is 9.14. The van der Waals surface area contributed by atoms with Crippen molar-refractivity contribution in [2.45, 2.75) is 51.4 Å². The molecule has 0 aromatic heterocycles. The van der Waals surface area contributed by atoms with Crippen molar-refractivity contribution in [2.24, 2.45) is 27.5 Å². The van der Waals surface area contributed by atoms with Gasteiger partial charge in [-0.15, -0.1) is 0 Å². The molecule has 29 heavy (non-hydrogen) atoms. The lowest BCUT2D eigenvalue weighted by Gasteiger charge is -2.49. The summed E-state index contributed by atoms with van der Waals surface area (Å²) in [5.74, 6) is 2.07. The number of benzene rings is 2. The van der Waals surface area contributed by atoms with Gasteiger partial charge in [0, 0.05) is 11.1 Å². The Balaban J connectivity index is 1.38. The molecule has 2 aromatic rings. The van der Waals surface area contributed by atoms with Crippen molar-refractivity contribution in [1.82, 2.24) is 0 Å². The number of phenolic OH excluding ortho intramolecular Hbond substituents is 1. The standard InChI is InChI=1S/C25H27FN2O/c1-25-12-11-21-20-8-6-19(29)14-17(20)5-7-22(21)23(25)9-10-24(25)28-27-15-16-3-2-4-18(26)13-16/h2-4,6,8,13-15,21-23,29H,5,7,9-12H2,1H3/b27-15-,28-24-/t21-,22+,23-,25+/m1/s1. The first-order chi connectivity index (χ1) is 14.0. The van der Waals surface area contributed by atoms with Crippen LogP contribution in [-0.2, 0) is 6.42 Å². The van der Waals surface area contributed by atoms with Crippen molar-refractivity contribution >= 4 is 11.9 Å². The van der Waals surface area contributed by atoms with Gasteiger partial charge in [0.05, 0.1) is 6.21 Å². The van der Waals surface area contributed by atoms with E-state index in [1.165, 1.54) is 48.2 Å². The highest BCUT2D eigenvalue weighted by molar-refractivity contribution is 5.93. The number of rotatable bonds is 2. The largest absolute Gasteiger partial charge is 0.508 e. The van der Waals surface area contributed by atoms with E-state index in [9.17, 15) is 9.50 Å². The second kappa shape index (κ2) is 7.08. The highest BCUT2D eigenvalue weighted by atomic mass is 19.1. The first-order valence-electron chi connectivity index (χ1n) is 10.7. The second-order valence-electron chi connectivity index (χ2n) is 9.14. The molecule has 150 valence electrons. The van der Waals surface area contributed by atoms with E-state index in [1.54, 1.807) is 12.3 Å². The molecule has 4 heteroatoms. The normalized spacial score (nSPS) is 32.2. The third-order valence-corrected chi connectivity index (χ3v) is 7.69. The maximum absolute atomic E-state index is 13.4. The van der Waals surface area contributed by atoms with E-state index in [1.807, 2.05) is 18.2 Å². The van der Waals surface area contributed by atoms with Gasteiger partial charge in [0.1, 0.15) is 11.6 Å². The summed E-state index contributed by atoms with van der Waals surface area (Å²) in [5, 5.41) is 18.8. The van der Waals surface area contributed by atoms with E-state index in [2.05, 4.69) is 23.2 Å². The van der Waals surface area contributed by atoms with Gasteiger partial charge in [0.15, 0.2) is 0 Å². The number of halogens is 1. The number of nitrogens with zero attached hydrogens (tertiary/aromatic N) is 2. The number of phenols is 1. The maximum Gasteiger partial charge on any atom is 0.123 e. The first-order valence-corrected chi connectivity index (χ1v) is 10.7. The van der Waals surface area contributed by atoms with Gasteiger partial charge in [-0.2, -0.15) is 10.2 Å². The van der Waals surface area contributed by atoms with Crippen molar-refractivity contribution in [3.63, 3.8) is 0 Å². The average molecular weight is 391 g/mol. The van der Waals surface area contributed by atoms with Crippen LogP contribution in [0.4, 0.5) is 4.39 Å². The van der Waals surface area contributed by atoms with Crippen LogP contribution >= 0.6 is 0 Å². The van der Waals surface area contributed by atoms with E-state index in [0.29, 0.717) is 23.5 Å². The van der Waals surface area contributed by atoms with Crippen molar-refractivity contribution in [3.05, 3.63) is 65.0 Å². The zero-order valence-electron chi connectivity index (χ0n) is 16.8. The summed E-state index contributed by atoms with van der Waals surface area (Å²) < 4.78 is 13.4. The Kier molecular flexibility index (Phi) is 4.53. The van der Waals surface area contributed by atoms with Crippen molar-refractivity contribution in [1.29, 1.82) is 0 Å². The predicted molar refractivity (Wildman–Crippen MR) is 114 cm³/mol. The molecule has 5 rings (SSSR count). The van der Waals surface area contributed by atoms with Gasteiger partial charge >= 0.3 is 0 Å². The molecule has 2 aromatic carbocycles. The molecule has 0 radical (unpaired) electrons. The van der Waals surface area contributed by atoms with Crippen LogP contribution in [0.3, 0.4) is 0 Å². The summed E-state index contributed by atoms with van der Waals surface area (Å²) in [6, 6.07) is 12.4. The summed E-state index contributed by atoms with van der Waals surface area (Å²) in [6.07, 6.45) is 8.40. The molecule has 0 heterocycles. The number of hydrogen-bond acceptors (Lipinski definition) is 3. The van der Waals surface area contributed by atoms with Crippen LogP contribution in [-0.4, -0.2) is 17.0 Å². The van der Waals surface area contributed by atoms with Crippen molar-refractivity contribution in [2.75, 3.05) is 0 Å². The molecular formula is C25H27FN2O. The van der Waals surface area contributed by atoms with E-state index in [-0.39, 0.29) is 11.2 Å². The van der Waals surface area contributed by atoms with Crippen molar-refractivity contribution in [3.8, 4) is 5.75 Å². The molecule has 3 aliphatic rings. The van der Waals surface area contributed by atoms with E-state index in [0.717, 1.165) is 24.8 Å². The molecule has 0 aliphatic heterocycles. The minimum Gasteiger partial charge on any atom is -0.508 e. The Morgan fingerprint density at radius 1 is 1.10 bits per heavy atom. The van der Waals surface area contributed by atoms with Crippen LogP contribution in [0.5, 0.6) is 5.75 Å². The van der Waals surface area contributed by atoms with Gasteiger partial charge < -0.3 is 5.11 Å². The quantitative estimate of drug-likeness (QED) is 0.506. The molecule has 3 nitrogen and oxygen atoms in total. The smallest absolute Gasteiger partial charge is 0.123 e. The maximum atomic E-state index is 13.4. The summed E-state index contributed by atoms with van der Waals surface area (Å²) in [4.78, 5) is 0. The Morgan fingerprint density at radius 3 is 2.86 bits per heavy atom. The molecule has 2 fully saturated rings. The molecule has 0 spiro atoms. The molecule has 0 unspecified atom stereocenters. The fourth-order valence-corrected chi connectivity index (χ4v) is 6.27. The van der Waals surface area contributed by atoms with Gasteiger partial charge in [0.25, 0.3) is 0 Å². The Bertz CT molecular complexity index is 998. The fourth-order valence-electron chi connectivity index (χ4n) is 6.27. The number of aryl methyl sites for hydroxylation is 1. The average Bonchev–Trinajstić information content (AvgIpc) is 3.04. The van der Waals surface area contributed by atoms with Gasteiger partial charge in [-0.25, -0.2) is 4.39 Å². The highest BCUT2D eigenvalue weighted by Gasteiger charge is 2.53. The summed E-state index contributed by atoms with van der Waals surface area (Å²) in [7, 11) is 0. The van der Waals surface area contributed by atoms with Crippen LogP contribution in [0.2, 0.25) is 0 Å². The number of hydrogen-bond donors (Lipinski definition) is 1. The molecule has 4 atom stereocenters.